The molecular weight excluding hydrogens is 309 g/mol. The van der Waals surface area contributed by atoms with Crippen LogP contribution in [0, 0.1) is 16.7 Å². The first-order chi connectivity index (χ1) is 11.7. The third-order valence-electron chi connectivity index (χ3n) is 5.26. The molecule has 2 aromatic rings. The third kappa shape index (κ3) is 2.58. The van der Waals surface area contributed by atoms with E-state index in [4.69, 9.17) is 14.7 Å². The van der Waals surface area contributed by atoms with Gasteiger partial charge in [-0.2, -0.15) is 5.26 Å². The zero-order chi connectivity index (χ0) is 16.6. The second-order valence-electron chi connectivity index (χ2n) is 6.96. The van der Waals surface area contributed by atoms with Crippen LogP contribution in [-0.4, -0.2) is 35.2 Å². The molecule has 6 heteroatoms. The molecule has 1 aromatic carbocycles. The molecule has 2 heterocycles. The maximum Gasteiger partial charge on any atom is 0.169 e. The summed E-state index contributed by atoms with van der Waals surface area (Å²) >= 11 is 0. The molecule has 1 aromatic heterocycles. The van der Waals surface area contributed by atoms with Crippen molar-refractivity contribution in [3.63, 3.8) is 0 Å². The number of alkyl halides is 1. The number of benzene rings is 1. The lowest BCUT2D eigenvalue weighted by Gasteiger charge is -2.43. The second kappa shape index (κ2) is 5.83. The van der Waals surface area contributed by atoms with Gasteiger partial charge in [-0.25, -0.2) is 4.98 Å². The number of hydrogen-bond donors (Lipinski definition) is 0. The van der Waals surface area contributed by atoms with Crippen LogP contribution in [0.1, 0.15) is 31.2 Å². The number of imidazole rings is 1. The van der Waals surface area contributed by atoms with Crippen molar-refractivity contribution in [1.29, 1.82) is 5.26 Å². The van der Waals surface area contributed by atoms with E-state index in [1.165, 1.54) is 0 Å². The molecule has 1 unspecified atom stereocenters. The van der Waals surface area contributed by atoms with E-state index < -0.39 is 17.9 Å². The molecule has 1 saturated heterocycles. The molecule has 0 radical (unpaired) electrons. The lowest BCUT2D eigenvalue weighted by Crippen LogP contribution is -2.45. The monoisotopic (exact) mass is 329 g/mol. The minimum Gasteiger partial charge on any atom is -0.348 e. The Morgan fingerprint density at radius 1 is 1.29 bits per heavy atom. The summed E-state index contributed by atoms with van der Waals surface area (Å²) < 4.78 is 27.7. The highest BCUT2D eigenvalue weighted by Gasteiger charge is 2.48. The summed E-state index contributed by atoms with van der Waals surface area (Å²) in [5, 5.41) is 9.11. The Morgan fingerprint density at radius 2 is 2.12 bits per heavy atom. The van der Waals surface area contributed by atoms with Crippen LogP contribution in [0.4, 0.5) is 4.39 Å². The fraction of sp³-hybridized carbons (Fsp3) is 0.556. The van der Waals surface area contributed by atoms with E-state index in [9.17, 15) is 4.39 Å². The molecule has 0 amide bonds. The lowest BCUT2D eigenvalue weighted by molar-refractivity contribution is -0.206. The smallest absolute Gasteiger partial charge is 0.169 e. The predicted octanol–water partition coefficient (Wildman–Crippen LogP) is 3.18. The van der Waals surface area contributed by atoms with Gasteiger partial charge in [0, 0.05) is 24.8 Å². The predicted molar refractivity (Wildman–Crippen MR) is 86.0 cm³/mol. The van der Waals surface area contributed by atoms with Gasteiger partial charge in [-0.15, -0.1) is 0 Å². The van der Waals surface area contributed by atoms with Gasteiger partial charge in [0.15, 0.2) is 5.79 Å². The Morgan fingerprint density at radius 3 is 2.88 bits per heavy atom. The number of hydrogen-bond acceptors (Lipinski definition) is 4. The highest BCUT2D eigenvalue weighted by Crippen LogP contribution is 2.47. The quantitative estimate of drug-likeness (QED) is 0.868. The first kappa shape index (κ1) is 15.6. The van der Waals surface area contributed by atoms with Gasteiger partial charge in [-0.3, -0.25) is 4.39 Å². The number of nitrogens with zero attached hydrogens (tertiary/aromatic N) is 3. The zero-order valence-corrected chi connectivity index (χ0v) is 13.5. The van der Waals surface area contributed by atoms with Crippen molar-refractivity contribution in [1.82, 2.24) is 9.55 Å². The molecule has 5 nitrogen and oxygen atoms in total. The highest BCUT2D eigenvalue weighted by atomic mass is 19.1. The van der Waals surface area contributed by atoms with Crippen molar-refractivity contribution in [2.45, 2.75) is 38.0 Å². The van der Waals surface area contributed by atoms with E-state index in [1.807, 2.05) is 16.7 Å². The topological polar surface area (TPSA) is 60.1 Å². The van der Waals surface area contributed by atoms with Crippen LogP contribution in [0.5, 0.6) is 0 Å². The molecular formula is C18H20FN3O2. The average molecular weight is 329 g/mol. The van der Waals surface area contributed by atoms with E-state index >= 15 is 0 Å². The Labute approximate surface area is 140 Å². The molecule has 0 N–H and O–H groups in total. The highest BCUT2D eigenvalue weighted by molar-refractivity contribution is 5.76. The van der Waals surface area contributed by atoms with Gasteiger partial charge in [0.25, 0.3) is 0 Å². The van der Waals surface area contributed by atoms with Crippen molar-refractivity contribution in [2.75, 3.05) is 19.9 Å². The first-order valence-electron chi connectivity index (χ1n) is 8.37. The van der Waals surface area contributed by atoms with Gasteiger partial charge >= 0.3 is 0 Å². The molecule has 4 rings (SSSR count). The van der Waals surface area contributed by atoms with E-state index in [0.29, 0.717) is 31.7 Å². The van der Waals surface area contributed by atoms with Gasteiger partial charge in [-0.05, 0) is 31.0 Å². The molecule has 24 heavy (non-hydrogen) atoms. The minimum absolute atomic E-state index is 0.418. The zero-order valence-electron chi connectivity index (χ0n) is 13.5. The van der Waals surface area contributed by atoms with Crippen molar-refractivity contribution < 1.29 is 13.9 Å². The van der Waals surface area contributed by atoms with Crippen molar-refractivity contribution in [3.8, 4) is 6.07 Å². The summed E-state index contributed by atoms with van der Waals surface area (Å²) in [6.45, 7) is 1.27. The summed E-state index contributed by atoms with van der Waals surface area (Å²) in [4.78, 5) is 4.38. The Bertz CT molecular complexity index is 791. The SMILES string of the molecule is N#Cc1ccc2ncn(CC3(CF)CCCC4(C3)OCCO4)c2c1. The third-order valence-corrected chi connectivity index (χ3v) is 5.26. The molecule has 1 aliphatic heterocycles. The van der Waals surface area contributed by atoms with Crippen molar-refractivity contribution in [2.24, 2.45) is 5.41 Å². The maximum atomic E-state index is 14.1. The van der Waals surface area contributed by atoms with Gasteiger partial charge in [-0.1, -0.05) is 0 Å². The van der Waals surface area contributed by atoms with E-state index in [1.54, 1.807) is 12.4 Å². The van der Waals surface area contributed by atoms with Gasteiger partial charge in [0.2, 0.25) is 0 Å². The number of halogens is 1. The molecule has 1 spiro atoms. The minimum atomic E-state index is -0.613. The fourth-order valence-electron chi connectivity index (χ4n) is 4.13. The second-order valence-corrected chi connectivity index (χ2v) is 6.96. The molecule has 2 aliphatic rings. The van der Waals surface area contributed by atoms with Crippen LogP contribution in [0.25, 0.3) is 11.0 Å². The summed E-state index contributed by atoms with van der Waals surface area (Å²) in [6.07, 6.45) is 4.82. The maximum absolute atomic E-state index is 14.1. The van der Waals surface area contributed by atoms with Crippen LogP contribution in [-0.2, 0) is 16.0 Å². The molecule has 2 fully saturated rings. The molecule has 1 aliphatic carbocycles. The number of aromatic nitrogens is 2. The number of nitriles is 1. The van der Waals surface area contributed by atoms with Crippen LogP contribution >= 0.6 is 0 Å². The number of fused-ring (bicyclic) bond motifs is 1. The van der Waals surface area contributed by atoms with Gasteiger partial charge in [0.1, 0.15) is 0 Å². The average Bonchev–Trinajstić information content (AvgIpc) is 3.22. The van der Waals surface area contributed by atoms with Crippen LogP contribution in [0.15, 0.2) is 24.5 Å². The summed E-state index contributed by atoms with van der Waals surface area (Å²) in [7, 11) is 0. The largest absolute Gasteiger partial charge is 0.348 e. The first-order valence-corrected chi connectivity index (χ1v) is 8.37. The van der Waals surface area contributed by atoms with E-state index in [-0.39, 0.29) is 0 Å². The van der Waals surface area contributed by atoms with Crippen molar-refractivity contribution in [3.05, 3.63) is 30.1 Å². The standard InChI is InChI=1S/C18H20FN3O2/c19-11-17(4-1-5-18(10-17)23-6-7-24-18)12-22-13-21-15-3-2-14(9-20)8-16(15)22/h2-3,8,13H,1,4-7,10-12H2. The van der Waals surface area contributed by atoms with E-state index in [0.717, 1.165) is 30.3 Å². The normalized spacial score (nSPS) is 26.0. The van der Waals surface area contributed by atoms with Crippen LogP contribution in [0.3, 0.4) is 0 Å². The van der Waals surface area contributed by atoms with E-state index in [2.05, 4.69) is 11.1 Å². The summed E-state index contributed by atoms with van der Waals surface area (Å²) in [5.41, 5.74) is 1.76. The van der Waals surface area contributed by atoms with Gasteiger partial charge < -0.3 is 14.0 Å². The Balaban J connectivity index is 1.66. The number of ether oxygens (including phenoxy) is 2. The molecule has 0 bridgehead atoms. The van der Waals surface area contributed by atoms with Crippen LogP contribution < -0.4 is 0 Å². The molecule has 1 saturated carbocycles. The summed E-state index contributed by atoms with van der Waals surface area (Å²) in [6, 6.07) is 7.54. The van der Waals surface area contributed by atoms with Gasteiger partial charge in [0.05, 0.1) is 48.9 Å². The Kier molecular flexibility index (Phi) is 3.78. The van der Waals surface area contributed by atoms with Crippen LogP contribution in [0.2, 0.25) is 0 Å². The lowest BCUT2D eigenvalue weighted by atomic mass is 9.72. The summed E-state index contributed by atoms with van der Waals surface area (Å²) in [5.74, 6) is -0.613. The molecule has 126 valence electrons. The number of rotatable bonds is 3. The Hall–Kier alpha value is -1.97. The fourth-order valence-corrected chi connectivity index (χ4v) is 4.13. The molecule has 1 atom stereocenters. The van der Waals surface area contributed by atoms with Crippen molar-refractivity contribution >= 4 is 11.0 Å².